The summed E-state index contributed by atoms with van der Waals surface area (Å²) in [6, 6.07) is 23.1. The van der Waals surface area contributed by atoms with E-state index in [-0.39, 0.29) is 11.8 Å². The van der Waals surface area contributed by atoms with Crippen molar-refractivity contribution in [3.8, 4) is 22.3 Å². The lowest BCUT2D eigenvalue weighted by atomic mass is 9.93. The number of esters is 1. The minimum atomic E-state index is -0.377. The second-order valence-electron chi connectivity index (χ2n) is 5.71. The summed E-state index contributed by atoms with van der Waals surface area (Å²) in [6.45, 7) is 0. The smallest absolute Gasteiger partial charge is 0.337 e. The Labute approximate surface area is 151 Å². The van der Waals surface area contributed by atoms with E-state index in [4.69, 9.17) is 16.3 Å². The molecule has 0 unspecified atom stereocenters. The number of hydrogen-bond acceptors (Lipinski definition) is 4. The van der Waals surface area contributed by atoms with Crippen LogP contribution in [0.4, 0.5) is 0 Å². The van der Waals surface area contributed by atoms with Crippen molar-refractivity contribution in [3.63, 3.8) is 0 Å². The molecule has 130 valence electrons. The van der Waals surface area contributed by atoms with Crippen LogP contribution in [0.1, 0.15) is 15.9 Å². The van der Waals surface area contributed by atoms with Gasteiger partial charge in [-0.1, -0.05) is 48.5 Å². The molecule has 0 saturated carbocycles. The molecule has 5 nitrogen and oxygen atoms in total. The molecule has 0 saturated heterocycles. The largest absolute Gasteiger partial charge is 0.465 e. The fourth-order valence-electron chi connectivity index (χ4n) is 2.79. The number of carbonyl (C=O) groups is 1. The van der Waals surface area contributed by atoms with E-state index in [0.29, 0.717) is 5.56 Å². The zero-order chi connectivity index (χ0) is 18.5. The van der Waals surface area contributed by atoms with E-state index in [1.54, 1.807) is 12.1 Å². The number of nitrogens with two attached hydrogens (primary N) is 2. The van der Waals surface area contributed by atoms with Crippen LogP contribution in [0.15, 0.2) is 77.9 Å². The van der Waals surface area contributed by atoms with Gasteiger partial charge >= 0.3 is 5.97 Å². The monoisotopic (exact) mass is 345 g/mol. The minimum absolute atomic E-state index is 0.247. The van der Waals surface area contributed by atoms with E-state index < -0.39 is 0 Å². The molecule has 0 aliphatic carbocycles. The number of hydrogen-bond donors (Lipinski definition) is 2. The van der Waals surface area contributed by atoms with E-state index in [9.17, 15) is 4.79 Å². The van der Waals surface area contributed by atoms with Gasteiger partial charge in [-0.05, 0) is 46.5 Å². The fourth-order valence-corrected chi connectivity index (χ4v) is 2.79. The first kappa shape index (κ1) is 17.2. The number of carbonyl (C=O) groups excluding carboxylic acids is 1. The molecule has 0 bridgehead atoms. The molecule has 3 rings (SSSR count). The van der Waals surface area contributed by atoms with Crippen LogP contribution in [0.25, 0.3) is 22.3 Å². The third-order valence-corrected chi connectivity index (χ3v) is 4.16. The lowest BCUT2D eigenvalue weighted by Crippen LogP contribution is -2.16. The first-order valence-electron chi connectivity index (χ1n) is 8.06. The molecule has 0 radical (unpaired) electrons. The van der Waals surface area contributed by atoms with E-state index >= 15 is 0 Å². The summed E-state index contributed by atoms with van der Waals surface area (Å²) < 4.78 is 4.74. The number of hydrazone groups is 1. The molecule has 0 spiro atoms. The van der Waals surface area contributed by atoms with Crippen LogP contribution >= 0.6 is 0 Å². The van der Waals surface area contributed by atoms with Crippen LogP contribution in [0, 0.1) is 0 Å². The van der Waals surface area contributed by atoms with Gasteiger partial charge in [0.1, 0.15) is 0 Å². The molecular formula is C21H19N3O2. The van der Waals surface area contributed by atoms with Crippen molar-refractivity contribution in [1.82, 2.24) is 0 Å². The molecule has 0 atom stereocenters. The predicted molar refractivity (Wildman–Crippen MR) is 104 cm³/mol. The van der Waals surface area contributed by atoms with E-state index in [1.807, 2.05) is 60.7 Å². The molecule has 0 heterocycles. The van der Waals surface area contributed by atoms with Crippen molar-refractivity contribution in [2.24, 2.45) is 16.7 Å². The maximum atomic E-state index is 11.6. The Morgan fingerprint density at radius 3 is 2.15 bits per heavy atom. The number of nitrogens with zero attached hydrogens (tertiary/aromatic N) is 1. The van der Waals surface area contributed by atoms with E-state index in [0.717, 1.165) is 27.8 Å². The Hall–Kier alpha value is -3.60. The van der Waals surface area contributed by atoms with Crippen LogP contribution in [-0.4, -0.2) is 18.9 Å². The van der Waals surface area contributed by atoms with Crippen molar-refractivity contribution in [1.29, 1.82) is 0 Å². The van der Waals surface area contributed by atoms with Gasteiger partial charge in [-0.2, -0.15) is 5.10 Å². The summed E-state index contributed by atoms with van der Waals surface area (Å²) in [5, 5.41) is 3.63. The summed E-state index contributed by atoms with van der Waals surface area (Å²) >= 11 is 0. The molecule has 3 aromatic rings. The van der Waals surface area contributed by atoms with Crippen molar-refractivity contribution < 1.29 is 9.53 Å². The van der Waals surface area contributed by atoms with Crippen LogP contribution in [0.2, 0.25) is 0 Å². The van der Waals surface area contributed by atoms with Gasteiger partial charge in [-0.3, -0.25) is 0 Å². The Morgan fingerprint density at radius 1 is 0.885 bits per heavy atom. The lowest BCUT2D eigenvalue weighted by Gasteiger charge is -2.12. The molecule has 0 amide bonds. The molecule has 0 aliphatic rings. The van der Waals surface area contributed by atoms with Crippen molar-refractivity contribution in [2.45, 2.75) is 0 Å². The van der Waals surface area contributed by atoms with Gasteiger partial charge in [0.05, 0.1) is 12.7 Å². The maximum absolute atomic E-state index is 11.6. The number of ether oxygens (including phenoxy) is 1. The number of rotatable bonds is 4. The second kappa shape index (κ2) is 7.53. The van der Waals surface area contributed by atoms with Gasteiger partial charge in [0.15, 0.2) is 5.84 Å². The molecular weight excluding hydrogens is 326 g/mol. The predicted octanol–water partition coefficient (Wildman–Crippen LogP) is 3.39. The Bertz CT molecular complexity index is 949. The SMILES string of the molecule is COC(=O)c1ccc(-c2cc(-c3ccccc3)ccc2/C(N)=N/N)cc1. The van der Waals surface area contributed by atoms with Gasteiger partial charge in [0, 0.05) is 5.56 Å². The van der Waals surface area contributed by atoms with Gasteiger partial charge in [0.25, 0.3) is 0 Å². The van der Waals surface area contributed by atoms with Crippen LogP contribution in [-0.2, 0) is 4.74 Å². The van der Waals surface area contributed by atoms with Crippen LogP contribution < -0.4 is 11.6 Å². The van der Waals surface area contributed by atoms with E-state index in [2.05, 4.69) is 5.10 Å². The topological polar surface area (TPSA) is 90.7 Å². The van der Waals surface area contributed by atoms with E-state index in [1.165, 1.54) is 7.11 Å². The minimum Gasteiger partial charge on any atom is -0.465 e. The molecule has 4 N–H and O–H groups in total. The van der Waals surface area contributed by atoms with Crippen molar-refractivity contribution >= 4 is 11.8 Å². The Kier molecular flexibility index (Phi) is 4.99. The number of benzene rings is 3. The standard InChI is InChI=1S/C21H19N3O2/c1-26-21(25)16-9-7-15(8-10-16)19-13-17(14-5-3-2-4-6-14)11-12-18(19)20(22)24-23/h2-13H,23H2,1H3,(H2,22,24). The molecule has 0 aromatic heterocycles. The maximum Gasteiger partial charge on any atom is 0.337 e. The molecule has 5 heteroatoms. The van der Waals surface area contributed by atoms with Gasteiger partial charge < -0.3 is 16.3 Å². The highest BCUT2D eigenvalue weighted by Gasteiger charge is 2.12. The average molecular weight is 345 g/mol. The highest BCUT2D eigenvalue weighted by Crippen LogP contribution is 2.30. The van der Waals surface area contributed by atoms with Gasteiger partial charge in [-0.15, -0.1) is 0 Å². The van der Waals surface area contributed by atoms with Crippen LogP contribution in [0.5, 0.6) is 0 Å². The lowest BCUT2D eigenvalue weighted by molar-refractivity contribution is 0.0601. The van der Waals surface area contributed by atoms with Gasteiger partial charge in [-0.25, -0.2) is 4.79 Å². The summed E-state index contributed by atoms with van der Waals surface area (Å²) in [7, 11) is 1.36. The highest BCUT2D eigenvalue weighted by molar-refractivity contribution is 6.04. The second-order valence-corrected chi connectivity index (χ2v) is 5.71. The first-order chi connectivity index (χ1) is 12.6. The van der Waals surface area contributed by atoms with Gasteiger partial charge in [0.2, 0.25) is 0 Å². The van der Waals surface area contributed by atoms with Crippen LogP contribution in [0.3, 0.4) is 0 Å². The zero-order valence-corrected chi connectivity index (χ0v) is 14.3. The Balaban J connectivity index is 2.12. The molecule has 0 fully saturated rings. The molecule has 0 aliphatic heterocycles. The number of amidine groups is 1. The quantitative estimate of drug-likeness (QED) is 0.249. The highest BCUT2D eigenvalue weighted by atomic mass is 16.5. The van der Waals surface area contributed by atoms with Crippen molar-refractivity contribution in [2.75, 3.05) is 7.11 Å². The number of methoxy groups -OCH3 is 1. The summed E-state index contributed by atoms with van der Waals surface area (Å²) in [6.07, 6.45) is 0. The third kappa shape index (κ3) is 3.42. The summed E-state index contributed by atoms with van der Waals surface area (Å²) in [4.78, 5) is 11.6. The summed E-state index contributed by atoms with van der Waals surface area (Å²) in [5.74, 6) is 5.25. The molecule has 3 aromatic carbocycles. The van der Waals surface area contributed by atoms with Crippen molar-refractivity contribution in [3.05, 3.63) is 83.9 Å². The average Bonchev–Trinajstić information content (AvgIpc) is 2.73. The first-order valence-corrected chi connectivity index (χ1v) is 8.06. The summed E-state index contributed by atoms with van der Waals surface area (Å²) in [5.41, 5.74) is 11.1. The normalized spacial score (nSPS) is 11.2. The third-order valence-electron chi connectivity index (χ3n) is 4.16. The zero-order valence-electron chi connectivity index (χ0n) is 14.3. The fraction of sp³-hybridized carbons (Fsp3) is 0.0476. The Morgan fingerprint density at radius 2 is 1.54 bits per heavy atom. The molecule has 26 heavy (non-hydrogen) atoms.